The normalized spacial score (nSPS) is 18.9. The van der Waals surface area contributed by atoms with Crippen molar-refractivity contribution in [3.63, 3.8) is 0 Å². The number of Topliss-reactive ketones (excluding diaryl/α,β-unsaturated/α-hetero) is 1. The first-order valence-corrected chi connectivity index (χ1v) is 13.1. The van der Waals surface area contributed by atoms with Gasteiger partial charge in [0.25, 0.3) is 0 Å². The number of nitrogens with zero attached hydrogens (tertiary/aromatic N) is 2. The number of piperidine rings is 1. The zero-order chi connectivity index (χ0) is 26.2. The number of likely N-dealkylation sites (tertiary alicyclic amines) is 1. The molecule has 1 aliphatic heterocycles. The number of hydrogen-bond donors (Lipinski definition) is 2. The minimum atomic E-state index is -0.595. The summed E-state index contributed by atoms with van der Waals surface area (Å²) in [4.78, 5) is 47.8. The topological polar surface area (TPSA) is 104 Å². The maximum absolute atomic E-state index is 13.4. The predicted octanol–water partition coefficient (Wildman–Crippen LogP) is 3.77. The molecule has 1 amide bonds. The third-order valence-electron chi connectivity index (χ3n) is 7.15. The van der Waals surface area contributed by atoms with Crippen molar-refractivity contribution in [1.29, 1.82) is 0 Å². The number of esters is 1. The van der Waals surface area contributed by atoms with Crippen LogP contribution in [0.5, 0.6) is 0 Å². The zero-order valence-corrected chi connectivity index (χ0v) is 21.6. The van der Waals surface area contributed by atoms with Gasteiger partial charge in [0.2, 0.25) is 5.91 Å². The summed E-state index contributed by atoms with van der Waals surface area (Å²) >= 11 is 0. The minimum Gasteiger partial charge on any atom is -0.466 e. The second-order valence-electron chi connectivity index (χ2n) is 9.69. The summed E-state index contributed by atoms with van der Waals surface area (Å²) in [5, 5.41) is 3.97. The Morgan fingerprint density at radius 1 is 1.19 bits per heavy atom. The van der Waals surface area contributed by atoms with Gasteiger partial charge >= 0.3 is 5.97 Å². The van der Waals surface area contributed by atoms with Gasteiger partial charge in [-0.2, -0.15) is 0 Å². The summed E-state index contributed by atoms with van der Waals surface area (Å²) in [6, 6.07) is 13.1. The van der Waals surface area contributed by atoms with E-state index in [9.17, 15) is 14.4 Å². The molecular weight excluding hydrogens is 468 g/mol. The molecule has 0 aliphatic carbocycles. The number of H-pyrrole nitrogens is 1. The van der Waals surface area contributed by atoms with Crippen molar-refractivity contribution in [1.82, 2.24) is 20.2 Å². The van der Waals surface area contributed by atoms with Gasteiger partial charge in [0.15, 0.2) is 5.78 Å². The van der Waals surface area contributed by atoms with Crippen molar-refractivity contribution in [3.05, 3.63) is 66.1 Å². The van der Waals surface area contributed by atoms with Gasteiger partial charge in [-0.15, -0.1) is 0 Å². The average Bonchev–Trinajstić information content (AvgIpc) is 3.34. The molecule has 0 radical (unpaired) electrons. The van der Waals surface area contributed by atoms with E-state index in [1.165, 1.54) is 5.56 Å². The lowest BCUT2D eigenvalue weighted by Crippen LogP contribution is -2.54. The molecule has 0 bridgehead atoms. The van der Waals surface area contributed by atoms with Gasteiger partial charge in [-0.1, -0.05) is 30.3 Å². The van der Waals surface area contributed by atoms with Crippen LogP contribution in [-0.4, -0.2) is 64.3 Å². The number of rotatable bonds is 11. The van der Waals surface area contributed by atoms with Crippen LogP contribution in [0.25, 0.3) is 10.9 Å². The fraction of sp³-hybridized carbons (Fsp3) is 0.448. The van der Waals surface area contributed by atoms with Crippen molar-refractivity contribution in [2.45, 2.75) is 64.0 Å². The van der Waals surface area contributed by atoms with Crippen LogP contribution < -0.4 is 5.32 Å². The van der Waals surface area contributed by atoms with E-state index in [2.05, 4.69) is 32.3 Å². The SMILES string of the molecule is CCOC(=O)CCN1CC[C@H](c2ccccc2)C[C@@H]1C(=O)N[C@@H](C)C(=O)CCc1cc2cnccc2[nH]1. The quantitative estimate of drug-likeness (QED) is 0.385. The fourth-order valence-corrected chi connectivity index (χ4v) is 5.08. The molecule has 1 fully saturated rings. The number of aromatic amines is 1. The number of aryl methyl sites for hydroxylation is 1. The van der Waals surface area contributed by atoms with Crippen LogP contribution in [-0.2, 0) is 25.5 Å². The van der Waals surface area contributed by atoms with E-state index in [0.29, 0.717) is 39.0 Å². The fourth-order valence-electron chi connectivity index (χ4n) is 5.08. The molecular formula is C29H36N4O4. The highest BCUT2D eigenvalue weighted by Crippen LogP contribution is 2.32. The Labute approximate surface area is 217 Å². The van der Waals surface area contributed by atoms with E-state index in [4.69, 9.17) is 4.74 Å². The molecule has 1 aromatic carbocycles. The number of carbonyl (C=O) groups excluding carboxylic acids is 3. The molecule has 196 valence electrons. The Morgan fingerprint density at radius 2 is 2.00 bits per heavy atom. The monoisotopic (exact) mass is 504 g/mol. The number of aromatic nitrogens is 2. The van der Waals surface area contributed by atoms with E-state index in [-0.39, 0.29) is 30.0 Å². The highest BCUT2D eigenvalue weighted by Gasteiger charge is 2.35. The lowest BCUT2D eigenvalue weighted by Gasteiger charge is -2.39. The summed E-state index contributed by atoms with van der Waals surface area (Å²) in [7, 11) is 0. The number of carbonyl (C=O) groups is 3. The molecule has 0 saturated carbocycles. The minimum absolute atomic E-state index is 0.0152. The molecule has 8 nitrogen and oxygen atoms in total. The number of benzene rings is 1. The number of pyridine rings is 1. The van der Waals surface area contributed by atoms with Crippen molar-refractivity contribution in [2.75, 3.05) is 19.7 Å². The molecule has 2 aromatic heterocycles. The molecule has 3 atom stereocenters. The van der Waals surface area contributed by atoms with Crippen LogP contribution in [0.2, 0.25) is 0 Å². The summed E-state index contributed by atoms with van der Waals surface area (Å²) in [5.74, 6) is -0.193. The molecule has 3 aromatic rings. The Morgan fingerprint density at radius 3 is 2.76 bits per heavy atom. The first-order valence-electron chi connectivity index (χ1n) is 13.1. The van der Waals surface area contributed by atoms with Gasteiger partial charge in [-0.3, -0.25) is 24.3 Å². The number of hydrogen-bond acceptors (Lipinski definition) is 6. The van der Waals surface area contributed by atoms with Crippen molar-refractivity contribution in [2.24, 2.45) is 0 Å². The molecule has 8 heteroatoms. The highest BCUT2D eigenvalue weighted by atomic mass is 16.5. The lowest BCUT2D eigenvalue weighted by atomic mass is 9.84. The molecule has 4 rings (SSSR count). The number of fused-ring (bicyclic) bond motifs is 1. The van der Waals surface area contributed by atoms with Gasteiger partial charge in [-0.25, -0.2) is 0 Å². The smallest absolute Gasteiger partial charge is 0.307 e. The van der Waals surface area contributed by atoms with Crippen LogP contribution >= 0.6 is 0 Å². The zero-order valence-electron chi connectivity index (χ0n) is 21.6. The van der Waals surface area contributed by atoms with Crippen LogP contribution in [0.1, 0.15) is 56.7 Å². The maximum Gasteiger partial charge on any atom is 0.307 e. The average molecular weight is 505 g/mol. The largest absolute Gasteiger partial charge is 0.466 e. The first-order chi connectivity index (χ1) is 17.9. The number of nitrogens with one attached hydrogen (secondary N) is 2. The Hall–Kier alpha value is -3.52. The van der Waals surface area contributed by atoms with Crippen LogP contribution in [0.15, 0.2) is 54.9 Å². The summed E-state index contributed by atoms with van der Waals surface area (Å²) in [6.45, 7) is 5.03. The molecule has 0 unspecified atom stereocenters. The van der Waals surface area contributed by atoms with Gasteiger partial charge in [0.1, 0.15) is 0 Å². The van der Waals surface area contributed by atoms with E-state index in [1.54, 1.807) is 26.2 Å². The van der Waals surface area contributed by atoms with Crippen molar-refractivity contribution in [3.8, 4) is 0 Å². The lowest BCUT2D eigenvalue weighted by molar-refractivity contribution is -0.144. The molecule has 1 saturated heterocycles. The molecule has 3 heterocycles. The molecule has 2 N–H and O–H groups in total. The summed E-state index contributed by atoms with van der Waals surface area (Å²) in [5.41, 5.74) is 3.17. The number of ether oxygens (including phenoxy) is 1. The van der Waals surface area contributed by atoms with Crippen LogP contribution in [0.4, 0.5) is 0 Å². The summed E-state index contributed by atoms with van der Waals surface area (Å²) in [6.07, 6.45) is 6.20. The van der Waals surface area contributed by atoms with Gasteiger partial charge in [-0.05, 0) is 63.3 Å². The van der Waals surface area contributed by atoms with Crippen molar-refractivity contribution >= 4 is 28.6 Å². The maximum atomic E-state index is 13.4. The third kappa shape index (κ3) is 7.04. The standard InChI is InChI=1S/C29H36N4O4/c1-3-37-28(35)13-16-33-15-12-22(21-7-5-4-6-8-21)18-26(33)29(36)31-20(2)27(34)10-9-24-17-23-19-30-14-11-25(23)32-24/h4-8,11,14,17,19-20,22,26,32H,3,9-10,12-13,15-16,18H2,1-2H3,(H,31,36)/t20-,22-,26+/m0/s1. The molecule has 1 aliphatic rings. The number of amides is 1. The summed E-state index contributed by atoms with van der Waals surface area (Å²) < 4.78 is 5.08. The van der Waals surface area contributed by atoms with Gasteiger partial charge in [0.05, 0.1) is 25.1 Å². The van der Waals surface area contributed by atoms with Crippen LogP contribution in [0, 0.1) is 0 Å². The highest BCUT2D eigenvalue weighted by molar-refractivity contribution is 5.91. The van der Waals surface area contributed by atoms with E-state index in [1.807, 2.05) is 30.3 Å². The number of ketones is 1. The Bertz CT molecular complexity index is 1180. The van der Waals surface area contributed by atoms with E-state index in [0.717, 1.165) is 23.0 Å². The van der Waals surface area contributed by atoms with E-state index >= 15 is 0 Å². The molecule has 37 heavy (non-hydrogen) atoms. The Kier molecular flexibility index (Phi) is 9.06. The van der Waals surface area contributed by atoms with Gasteiger partial charge < -0.3 is 15.0 Å². The second-order valence-corrected chi connectivity index (χ2v) is 9.69. The second kappa shape index (κ2) is 12.6. The predicted molar refractivity (Wildman–Crippen MR) is 142 cm³/mol. The van der Waals surface area contributed by atoms with Crippen molar-refractivity contribution < 1.29 is 19.1 Å². The third-order valence-corrected chi connectivity index (χ3v) is 7.15. The van der Waals surface area contributed by atoms with Gasteiger partial charge in [0, 0.05) is 42.0 Å². The van der Waals surface area contributed by atoms with Crippen LogP contribution in [0.3, 0.4) is 0 Å². The Balaban J connectivity index is 1.37. The van der Waals surface area contributed by atoms with E-state index < -0.39 is 12.1 Å². The first kappa shape index (κ1) is 26.5. The molecule has 0 spiro atoms.